The molecule has 4 heteroatoms. The molecule has 3 nitrogen and oxygen atoms in total. The Morgan fingerprint density at radius 2 is 1.76 bits per heavy atom. The molecule has 94 valence electrons. The summed E-state index contributed by atoms with van der Waals surface area (Å²) in [6, 6.07) is 4.18. The van der Waals surface area contributed by atoms with Crippen molar-refractivity contribution in [3.63, 3.8) is 0 Å². The number of hydrogen-bond donors (Lipinski definition) is 1. The van der Waals surface area contributed by atoms with Gasteiger partial charge >= 0.3 is 0 Å². The smallest absolute Gasteiger partial charge is 0.175 e. The predicted octanol–water partition coefficient (Wildman–Crippen LogP) is 2.93. The lowest BCUT2D eigenvalue weighted by Crippen LogP contribution is -2.26. The average molecular weight is 300 g/mol. The second kappa shape index (κ2) is 5.74. The Kier molecular flexibility index (Phi) is 4.29. The lowest BCUT2D eigenvalue weighted by atomic mass is 9.89. The summed E-state index contributed by atoms with van der Waals surface area (Å²) in [5.41, 5.74) is 1.26. The standard InChI is InChI=1S/C13H18BrNO2/c1-16-12-10(9-5-7-15-8-6-9)3-4-11(14)13(12)17-2/h3-4,9,15H,5-8H2,1-2H3. The van der Waals surface area contributed by atoms with E-state index in [2.05, 4.69) is 27.3 Å². The van der Waals surface area contributed by atoms with E-state index in [0.717, 1.165) is 41.9 Å². The van der Waals surface area contributed by atoms with Crippen molar-refractivity contribution in [2.24, 2.45) is 0 Å². The summed E-state index contributed by atoms with van der Waals surface area (Å²) in [6.45, 7) is 2.15. The van der Waals surface area contributed by atoms with Crippen LogP contribution in [0.1, 0.15) is 24.3 Å². The Morgan fingerprint density at radius 1 is 1.12 bits per heavy atom. The van der Waals surface area contributed by atoms with E-state index in [1.165, 1.54) is 5.56 Å². The molecule has 1 aromatic carbocycles. The van der Waals surface area contributed by atoms with Gasteiger partial charge in [-0.25, -0.2) is 0 Å². The molecular weight excluding hydrogens is 282 g/mol. The summed E-state index contributed by atoms with van der Waals surface area (Å²) in [5.74, 6) is 2.23. The fourth-order valence-electron chi connectivity index (χ4n) is 2.41. The number of hydrogen-bond acceptors (Lipinski definition) is 3. The first-order valence-corrected chi connectivity index (χ1v) is 6.68. The molecule has 1 fully saturated rings. The van der Waals surface area contributed by atoms with E-state index in [1.807, 2.05) is 6.07 Å². The molecule has 0 aliphatic carbocycles. The van der Waals surface area contributed by atoms with Crippen LogP contribution < -0.4 is 14.8 Å². The van der Waals surface area contributed by atoms with E-state index >= 15 is 0 Å². The zero-order valence-corrected chi connectivity index (χ0v) is 11.8. The van der Waals surface area contributed by atoms with Crippen LogP contribution in [0.5, 0.6) is 11.5 Å². The first kappa shape index (κ1) is 12.7. The minimum absolute atomic E-state index is 0.563. The Morgan fingerprint density at radius 3 is 2.35 bits per heavy atom. The third-order valence-corrected chi connectivity index (χ3v) is 3.91. The minimum Gasteiger partial charge on any atom is -0.493 e. The van der Waals surface area contributed by atoms with E-state index < -0.39 is 0 Å². The highest BCUT2D eigenvalue weighted by molar-refractivity contribution is 9.10. The van der Waals surface area contributed by atoms with Gasteiger partial charge in [0.05, 0.1) is 18.7 Å². The summed E-state index contributed by atoms with van der Waals surface area (Å²) in [6.07, 6.45) is 2.31. The molecular formula is C13H18BrNO2. The van der Waals surface area contributed by atoms with Crippen LogP contribution >= 0.6 is 15.9 Å². The molecule has 1 aromatic rings. The number of halogens is 1. The maximum Gasteiger partial charge on any atom is 0.175 e. The Balaban J connectivity index is 2.38. The highest BCUT2D eigenvalue weighted by Crippen LogP contribution is 2.42. The first-order valence-electron chi connectivity index (χ1n) is 5.89. The molecule has 2 rings (SSSR count). The normalized spacial score (nSPS) is 16.9. The molecule has 0 spiro atoms. The minimum atomic E-state index is 0.563. The summed E-state index contributed by atoms with van der Waals surface area (Å²) in [4.78, 5) is 0. The van der Waals surface area contributed by atoms with Gasteiger partial charge in [-0.05, 0) is 53.8 Å². The van der Waals surface area contributed by atoms with E-state index in [-0.39, 0.29) is 0 Å². The van der Waals surface area contributed by atoms with Crippen LogP contribution in [0, 0.1) is 0 Å². The van der Waals surface area contributed by atoms with Gasteiger partial charge in [-0.3, -0.25) is 0 Å². The molecule has 0 unspecified atom stereocenters. The summed E-state index contributed by atoms with van der Waals surface area (Å²) in [5, 5.41) is 3.38. The van der Waals surface area contributed by atoms with E-state index in [9.17, 15) is 0 Å². The van der Waals surface area contributed by atoms with Crippen LogP contribution in [0.25, 0.3) is 0 Å². The van der Waals surface area contributed by atoms with Gasteiger partial charge in [0.1, 0.15) is 0 Å². The molecule has 0 bridgehead atoms. The topological polar surface area (TPSA) is 30.5 Å². The van der Waals surface area contributed by atoms with Gasteiger partial charge in [0, 0.05) is 5.56 Å². The average Bonchev–Trinajstić information content (AvgIpc) is 2.39. The molecule has 0 amide bonds. The van der Waals surface area contributed by atoms with Crippen LogP contribution in [0.3, 0.4) is 0 Å². The Labute approximate surface area is 111 Å². The Bertz CT molecular complexity index is 389. The first-order chi connectivity index (χ1) is 8.27. The van der Waals surface area contributed by atoms with E-state index in [4.69, 9.17) is 9.47 Å². The predicted molar refractivity (Wildman–Crippen MR) is 72.1 cm³/mol. The lowest BCUT2D eigenvalue weighted by Gasteiger charge is -2.25. The van der Waals surface area contributed by atoms with E-state index in [0.29, 0.717) is 5.92 Å². The van der Waals surface area contributed by atoms with Crippen molar-refractivity contribution in [2.45, 2.75) is 18.8 Å². The fraction of sp³-hybridized carbons (Fsp3) is 0.538. The van der Waals surface area contributed by atoms with Gasteiger partial charge < -0.3 is 14.8 Å². The molecule has 1 aliphatic heterocycles. The number of rotatable bonds is 3. The zero-order valence-electron chi connectivity index (χ0n) is 10.3. The maximum absolute atomic E-state index is 5.53. The van der Waals surface area contributed by atoms with Gasteiger partial charge in [-0.1, -0.05) is 6.07 Å². The molecule has 1 aliphatic rings. The largest absolute Gasteiger partial charge is 0.493 e. The quantitative estimate of drug-likeness (QED) is 0.931. The van der Waals surface area contributed by atoms with Crippen molar-refractivity contribution in [3.05, 3.63) is 22.2 Å². The van der Waals surface area contributed by atoms with Gasteiger partial charge in [-0.2, -0.15) is 0 Å². The summed E-state index contributed by atoms with van der Waals surface area (Å²) in [7, 11) is 3.38. The molecule has 1 N–H and O–H groups in total. The molecule has 0 atom stereocenters. The molecule has 1 heterocycles. The number of ether oxygens (including phenoxy) is 2. The van der Waals surface area contributed by atoms with Crippen LogP contribution in [-0.2, 0) is 0 Å². The Hall–Kier alpha value is -0.740. The van der Waals surface area contributed by atoms with Crippen molar-refractivity contribution in [1.82, 2.24) is 5.32 Å². The van der Waals surface area contributed by atoms with Crippen LogP contribution in [0.4, 0.5) is 0 Å². The number of nitrogens with one attached hydrogen (secondary N) is 1. The van der Waals surface area contributed by atoms with Crippen molar-refractivity contribution >= 4 is 15.9 Å². The SMILES string of the molecule is COc1c(Br)ccc(C2CCNCC2)c1OC. The molecule has 0 aromatic heterocycles. The third-order valence-electron chi connectivity index (χ3n) is 3.28. The third kappa shape index (κ3) is 2.58. The summed E-state index contributed by atoms with van der Waals surface area (Å²) >= 11 is 3.49. The molecule has 0 saturated carbocycles. The van der Waals surface area contributed by atoms with Crippen LogP contribution in [0.15, 0.2) is 16.6 Å². The highest BCUT2D eigenvalue weighted by atomic mass is 79.9. The second-order valence-electron chi connectivity index (χ2n) is 4.23. The molecule has 0 radical (unpaired) electrons. The van der Waals surface area contributed by atoms with Crippen molar-refractivity contribution in [3.8, 4) is 11.5 Å². The maximum atomic E-state index is 5.53. The van der Waals surface area contributed by atoms with Gasteiger partial charge in [-0.15, -0.1) is 0 Å². The van der Waals surface area contributed by atoms with Crippen LogP contribution in [0.2, 0.25) is 0 Å². The molecule has 17 heavy (non-hydrogen) atoms. The highest BCUT2D eigenvalue weighted by Gasteiger charge is 2.22. The van der Waals surface area contributed by atoms with Crippen LogP contribution in [-0.4, -0.2) is 27.3 Å². The summed E-state index contributed by atoms with van der Waals surface area (Å²) < 4.78 is 11.9. The van der Waals surface area contributed by atoms with Gasteiger partial charge in [0.15, 0.2) is 11.5 Å². The van der Waals surface area contributed by atoms with Crippen molar-refractivity contribution < 1.29 is 9.47 Å². The van der Waals surface area contributed by atoms with Gasteiger partial charge in [0.25, 0.3) is 0 Å². The van der Waals surface area contributed by atoms with Crippen molar-refractivity contribution in [2.75, 3.05) is 27.3 Å². The number of piperidine rings is 1. The van der Waals surface area contributed by atoms with Crippen molar-refractivity contribution in [1.29, 1.82) is 0 Å². The van der Waals surface area contributed by atoms with Gasteiger partial charge in [0.2, 0.25) is 0 Å². The monoisotopic (exact) mass is 299 g/mol. The zero-order chi connectivity index (χ0) is 12.3. The second-order valence-corrected chi connectivity index (χ2v) is 5.08. The lowest BCUT2D eigenvalue weighted by molar-refractivity contribution is 0.342. The fourth-order valence-corrected chi connectivity index (χ4v) is 2.88. The number of methoxy groups -OCH3 is 2. The molecule has 1 saturated heterocycles. The van der Waals surface area contributed by atoms with E-state index in [1.54, 1.807) is 14.2 Å². The number of benzene rings is 1.